The van der Waals surface area contributed by atoms with Crippen LogP contribution in [-0.4, -0.2) is 5.11 Å². The first-order valence-electron chi connectivity index (χ1n) is 6.98. The van der Waals surface area contributed by atoms with Gasteiger partial charge in [0.15, 0.2) is 0 Å². The first-order chi connectivity index (χ1) is 8.49. The van der Waals surface area contributed by atoms with Crippen molar-refractivity contribution in [1.82, 2.24) is 0 Å². The van der Waals surface area contributed by atoms with E-state index in [-0.39, 0.29) is 0 Å². The van der Waals surface area contributed by atoms with E-state index in [1.165, 1.54) is 22.8 Å². The smallest absolute Gasteiger partial charge is 0.0871 e. The molecule has 0 amide bonds. The Balaban J connectivity index is 2.69. The number of aliphatic hydroxyl groups is 1. The Labute approximate surface area is 125 Å². The van der Waals surface area contributed by atoms with E-state index in [1.54, 1.807) is 0 Å². The van der Waals surface area contributed by atoms with Crippen LogP contribution in [0.4, 0.5) is 0 Å². The first-order valence-corrected chi connectivity index (χ1v) is 8.06. The molecule has 18 heavy (non-hydrogen) atoms. The second-order valence-corrected chi connectivity index (χ2v) is 6.65. The SMILES string of the molecule is CCCCC(CC)CC(C)(O)c1ccc(I)cc1. The Morgan fingerprint density at radius 2 is 1.83 bits per heavy atom. The molecule has 0 aliphatic heterocycles. The van der Waals surface area contributed by atoms with Gasteiger partial charge in [-0.3, -0.25) is 0 Å². The van der Waals surface area contributed by atoms with Gasteiger partial charge in [0, 0.05) is 3.57 Å². The van der Waals surface area contributed by atoms with Gasteiger partial charge in [0.05, 0.1) is 5.60 Å². The van der Waals surface area contributed by atoms with Crippen molar-refractivity contribution in [1.29, 1.82) is 0 Å². The van der Waals surface area contributed by atoms with E-state index in [0.29, 0.717) is 5.92 Å². The standard InChI is InChI=1S/C16H25IO/c1-4-6-7-13(5-2)12-16(3,18)14-8-10-15(17)11-9-14/h8-11,13,18H,4-7,12H2,1-3H3. The molecule has 2 unspecified atom stereocenters. The molecule has 0 bridgehead atoms. The molecule has 2 heteroatoms. The molecule has 1 rings (SSSR count). The third-order valence-corrected chi connectivity index (χ3v) is 4.41. The monoisotopic (exact) mass is 360 g/mol. The van der Waals surface area contributed by atoms with Crippen LogP contribution in [0.25, 0.3) is 0 Å². The summed E-state index contributed by atoms with van der Waals surface area (Å²) >= 11 is 2.29. The van der Waals surface area contributed by atoms with E-state index in [2.05, 4.69) is 48.6 Å². The number of rotatable bonds is 7. The summed E-state index contributed by atoms with van der Waals surface area (Å²) in [4.78, 5) is 0. The third kappa shape index (κ3) is 4.88. The molecule has 0 spiro atoms. The predicted molar refractivity (Wildman–Crippen MR) is 86.7 cm³/mol. The minimum absolute atomic E-state index is 0.624. The van der Waals surface area contributed by atoms with Crippen molar-refractivity contribution < 1.29 is 5.11 Å². The summed E-state index contributed by atoms with van der Waals surface area (Å²) in [6.45, 7) is 6.40. The van der Waals surface area contributed by atoms with Crippen molar-refractivity contribution >= 4 is 22.6 Å². The molecule has 0 saturated heterocycles. The quantitative estimate of drug-likeness (QED) is 0.671. The van der Waals surface area contributed by atoms with Gasteiger partial charge in [0.2, 0.25) is 0 Å². The van der Waals surface area contributed by atoms with Crippen LogP contribution in [0.1, 0.15) is 58.4 Å². The van der Waals surface area contributed by atoms with Crippen molar-refractivity contribution in [2.75, 3.05) is 0 Å². The Kier molecular flexibility index (Phi) is 6.64. The Morgan fingerprint density at radius 1 is 1.22 bits per heavy atom. The van der Waals surface area contributed by atoms with Crippen molar-refractivity contribution in [2.45, 2.75) is 58.5 Å². The topological polar surface area (TPSA) is 20.2 Å². The molecular formula is C16H25IO. The first kappa shape index (κ1) is 16.0. The van der Waals surface area contributed by atoms with Crippen LogP contribution in [0.5, 0.6) is 0 Å². The fourth-order valence-corrected chi connectivity index (χ4v) is 2.79. The fraction of sp³-hybridized carbons (Fsp3) is 0.625. The largest absolute Gasteiger partial charge is 0.385 e. The lowest BCUT2D eigenvalue weighted by molar-refractivity contribution is 0.0275. The van der Waals surface area contributed by atoms with Crippen LogP contribution in [0.15, 0.2) is 24.3 Å². The molecule has 1 N–H and O–H groups in total. The van der Waals surface area contributed by atoms with Crippen LogP contribution in [0, 0.1) is 9.49 Å². The van der Waals surface area contributed by atoms with Gasteiger partial charge in [-0.05, 0) is 59.5 Å². The lowest BCUT2D eigenvalue weighted by Gasteiger charge is -2.28. The second-order valence-electron chi connectivity index (χ2n) is 5.40. The minimum atomic E-state index is -0.696. The minimum Gasteiger partial charge on any atom is -0.385 e. The lowest BCUT2D eigenvalue weighted by atomic mass is 9.83. The molecule has 0 saturated carbocycles. The molecule has 0 aliphatic carbocycles. The highest BCUT2D eigenvalue weighted by atomic mass is 127. The van der Waals surface area contributed by atoms with Crippen LogP contribution in [0.2, 0.25) is 0 Å². The average Bonchev–Trinajstić information content (AvgIpc) is 2.35. The average molecular weight is 360 g/mol. The number of hydrogen-bond donors (Lipinski definition) is 1. The van der Waals surface area contributed by atoms with Crippen LogP contribution in [0.3, 0.4) is 0 Å². The van der Waals surface area contributed by atoms with Gasteiger partial charge in [-0.25, -0.2) is 0 Å². The molecule has 1 aromatic carbocycles. The van der Waals surface area contributed by atoms with Crippen LogP contribution in [-0.2, 0) is 5.60 Å². The van der Waals surface area contributed by atoms with E-state index < -0.39 is 5.60 Å². The number of halogens is 1. The number of unbranched alkanes of at least 4 members (excludes halogenated alkanes) is 1. The van der Waals surface area contributed by atoms with Crippen molar-refractivity contribution in [3.05, 3.63) is 33.4 Å². The highest BCUT2D eigenvalue weighted by Crippen LogP contribution is 2.32. The maximum Gasteiger partial charge on any atom is 0.0871 e. The van der Waals surface area contributed by atoms with E-state index in [9.17, 15) is 5.11 Å². The van der Waals surface area contributed by atoms with Crippen LogP contribution < -0.4 is 0 Å². The Bertz CT molecular complexity index is 343. The van der Waals surface area contributed by atoms with E-state index in [0.717, 1.165) is 18.4 Å². The molecule has 0 radical (unpaired) electrons. The summed E-state index contributed by atoms with van der Waals surface area (Å²) in [5.74, 6) is 0.624. The van der Waals surface area contributed by atoms with Gasteiger partial charge in [-0.2, -0.15) is 0 Å². The molecule has 0 fully saturated rings. The molecular weight excluding hydrogens is 335 g/mol. The zero-order valence-corrected chi connectivity index (χ0v) is 13.9. The molecule has 1 nitrogen and oxygen atoms in total. The van der Waals surface area contributed by atoms with Crippen molar-refractivity contribution in [2.24, 2.45) is 5.92 Å². The maximum atomic E-state index is 10.7. The summed E-state index contributed by atoms with van der Waals surface area (Å²) in [5.41, 5.74) is 0.344. The molecule has 0 aromatic heterocycles. The molecule has 0 heterocycles. The number of hydrogen-bond acceptors (Lipinski definition) is 1. The van der Waals surface area contributed by atoms with Gasteiger partial charge in [-0.1, -0.05) is 51.7 Å². The van der Waals surface area contributed by atoms with Crippen molar-refractivity contribution in [3.63, 3.8) is 0 Å². The van der Waals surface area contributed by atoms with Gasteiger partial charge in [0.1, 0.15) is 0 Å². The third-order valence-electron chi connectivity index (χ3n) is 3.70. The predicted octanol–water partition coefficient (Wildman–Crippen LogP) is 5.11. The van der Waals surface area contributed by atoms with Gasteiger partial charge >= 0.3 is 0 Å². The lowest BCUT2D eigenvalue weighted by Crippen LogP contribution is -2.25. The maximum absolute atomic E-state index is 10.7. The molecule has 2 atom stereocenters. The van der Waals surface area contributed by atoms with E-state index in [4.69, 9.17) is 0 Å². The normalized spacial score (nSPS) is 16.3. The van der Waals surface area contributed by atoms with E-state index in [1.807, 2.05) is 19.1 Å². The van der Waals surface area contributed by atoms with Gasteiger partial charge in [0.25, 0.3) is 0 Å². The van der Waals surface area contributed by atoms with Crippen LogP contribution >= 0.6 is 22.6 Å². The van der Waals surface area contributed by atoms with E-state index >= 15 is 0 Å². The number of benzene rings is 1. The van der Waals surface area contributed by atoms with Gasteiger partial charge < -0.3 is 5.11 Å². The summed E-state index contributed by atoms with van der Waals surface area (Å²) < 4.78 is 1.21. The van der Waals surface area contributed by atoms with Crippen molar-refractivity contribution in [3.8, 4) is 0 Å². The highest BCUT2D eigenvalue weighted by Gasteiger charge is 2.26. The fourth-order valence-electron chi connectivity index (χ4n) is 2.43. The van der Waals surface area contributed by atoms with Gasteiger partial charge in [-0.15, -0.1) is 0 Å². The molecule has 1 aromatic rings. The highest BCUT2D eigenvalue weighted by molar-refractivity contribution is 14.1. The second kappa shape index (κ2) is 7.49. The summed E-state index contributed by atoms with van der Waals surface area (Å²) in [6, 6.07) is 8.23. The zero-order valence-electron chi connectivity index (χ0n) is 11.7. The Hall–Kier alpha value is -0.0900. The molecule has 0 aliphatic rings. The zero-order chi connectivity index (χ0) is 13.6. The summed E-state index contributed by atoms with van der Waals surface area (Å²) in [7, 11) is 0. The summed E-state index contributed by atoms with van der Waals surface area (Å²) in [5, 5.41) is 10.7. The Morgan fingerprint density at radius 3 is 2.33 bits per heavy atom. The summed E-state index contributed by atoms with van der Waals surface area (Å²) in [6.07, 6.45) is 5.75. The molecule has 102 valence electrons.